The minimum atomic E-state index is 0.701. The maximum absolute atomic E-state index is 4.63. The summed E-state index contributed by atoms with van der Waals surface area (Å²) < 4.78 is 1.10. The molecule has 3 aromatic carbocycles. The van der Waals surface area contributed by atoms with Crippen molar-refractivity contribution in [2.45, 2.75) is 0 Å². The Kier molecular flexibility index (Phi) is 4.88. The number of pyridine rings is 2. The van der Waals surface area contributed by atoms with E-state index >= 15 is 0 Å². The molecule has 5 rings (SSSR count). The third kappa shape index (κ3) is 3.52. The molecule has 0 radical (unpaired) electrons. The third-order valence-electron chi connectivity index (χ3n) is 4.85. The van der Waals surface area contributed by atoms with Gasteiger partial charge in [0.15, 0.2) is 0 Å². The monoisotopic (exact) mass is 449 g/mol. The molecule has 0 amide bonds. The molecule has 0 fully saturated rings. The summed E-state index contributed by atoms with van der Waals surface area (Å²) in [6.45, 7) is 0. The van der Waals surface area contributed by atoms with Crippen molar-refractivity contribution in [3.05, 3.63) is 107 Å². The van der Waals surface area contributed by atoms with Gasteiger partial charge in [-0.15, -0.1) is 0 Å². The van der Waals surface area contributed by atoms with Crippen LogP contribution in [0.2, 0.25) is 0 Å². The Hall–Kier alpha value is -3.68. The average Bonchev–Trinajstić information content (AvgIpc) is 2.80. The van der Waals surface area contributed by atoms with Gasteiger partial charge in [0.25, 0.3) is 0 Å². The van der Waals surface area contributed by atoms with Crippen LogP contribution in [0, 0.1) is 11.8 Å². The van der Waals surface area contributed by atoms with Gasteiger partial charge in [-0.1, -0.05) is 66.6 Å². The predicted octanol–water partition coefficient (Wildman–Crippen LogP) is 6.69. The molecule has 0 aliphatic heterocycles. The topological polar surface area (TPSA) is 37.8 Å². The Morgan fingerprint density at radius 1 is 0.633 bits per heavy atom. The van der Waals surface area contributed by atoms with Crippen LogP contribution in [-0.4, -0.2) is 9.97 Å². The van der Waals surface area contributed by atoms with E-state index < -0.39 is 0 Å². The molecule has 30 heavy (non-hydrogen) atoms. The number of rotatable bonds is 2. The van der Waals surface area contributed by atoms with Gasteiger partial charge in [0.1, 0.15) is 17.3 Å². The first kappa shape index (κ1) is 18.4. The van der Waals surface area contributed by atoms with Crippen LogP contribution in [-0.2, 0) is 0 Å². The van der Waals surface area contributed by atoms with Crippen LogP contribution in [0.5, 0.6) is 0 Å². The summed E-state index contributed by atoms with van der Waals surface area (Å²) in [6.07, 6.45) is 1.75. The molecular formula is C26H16BrN3. The molecule has 0 atom stereocenters. The number of halogens is 1. The highest BCUT2D eigenvalue weighted by Gasteiger charge is 2.10. The minimum Gasteiger partial charge on any atom is -0.325 e. The molecule has 0 aliphatic rings. The van der Waals surface area contributed by atoms with Crippen molar-refractivity contribution in [3.8, 4) is 11.8 Å². The highest BCUT2D eigenvalue weighted by molar-refractivity contribution is 9.10. The molecule has 4 heteroatoms. The van der Waals surface area contributed by atoms with Crippen LogP contribution in [0.4, 0.5) is 11.6 Å². The van der Waals surface area contributed by atoms with E-state index in [9.17, 15) is 0 Å². The highest BCUT2D eigenvalue weighted by Crippen LogP contribution is 2.35. The molecule has 142 valence electrons. The van der Waals surface area contributed by atoms with Crippen molar-refractivity contribution >= 4 is 49.1 Å². The van der Waals surface area contributed by atoms with Crippen LogP contribution < -0.4 is 5.32 Å². The van der Waals surface area contributed by atoms with Gasteiger partial charge in [-0.3, -0.25) is 0 Å². The van der Waals surface area contributed by atoms with Crippen LogP contribution in [0.1, 0.15) is 11.3 Å². The number of benzene rings is 3. The number of nitrogens with zero attached hydrogens (tertiary/aromatic N) is 2. The summed E-state index contributed by atoms with van der Waals surface area (Å²) in [5.74, 6) is 8.11. The maximum Gasteiger partial charge on any atom is 0.132 e. The second-order valence-electron chi connectivity index (χ2n) is 6.78. The lowest BCUT2D eigenvalue weighted by molar-refractivity contribution is 1.23. The van der Waals surface area contributed by atoms with Gasteiger partial charge < -0.3 is 5.32 Å². The molecule has 1 N–H and O–H groups in total. The number of hydrogen-bond donors (Lipinski definition) is 1. The van der Waals surface area contributed by atoms with Crippen LogP contribution in [0.3, 0.4) is 0 Å². The minimum absolute atomic E-state index is 0.701. The summed E-state index contributed by atoms with van der Waals surface area (Å²) in [5, 5.41) is 7.76. The zero-order chi connectivity index (χ0) is 20.3. The smallest absolute Gasteiger partial charge is 0.132 e. The van der Waals surface area contributed by atoms with E-state index in [4.69, 9.17) is 0 Å². The zero-order valence-electron chi connectivity index (χ0n) is 15.9. The lowest BCUT2D eigenvalue weighted by Gasteiger charge is -2.09. The maximum atomic E-state index is 4.63. The molecule has 0 saturated carbocycles. The number of fused-ring (bicyclic) bond motifs is 2. The van der Waals surface area contributed by atoms with Crippen LogP contribution >= 0.6 is 15.9 Å². The molecule has 0 bridgehead atoms. The fraction of sp³-hybridized carbons (Fsp3) is 0. The Balaban J connectivity index is 1.61. The summed E-state index contributed by atoms with van der Waals surface area (Å²) in [4.78, 5) is 8.91. The molecule has 5 aromatic rings. The molecule has 0 aliphatic carbocycles. The zero-order valence-corrected chi connectivity index (χ0v) is 17.5. The van der Waals surface area contributed by atoms with Crippen molar-refractivity contribution < 1.29 is 0 Å². The SMILES string of the molecule is Brc1c2ccccc2c(C#Cc2cccc(Nc3ccccn3)n2)c2ccccc12. The lowest BCUT2D eigenvalue weighted by Crippen LogP contribution is -1.96. The highest BCUT2D eigenvalue weighted by atomic mass is 79.9. The molecule has 0 spiro atoms. The summed E-state index contributed by atoms with van der Waals surface area (Å²) in [7, 11) is 0. The van der Waals surface area contributed by atoms with E-state index in [2.05, 4.69) is 67.3 Å². The van der Waals surface area contributed by atoms with E-state index in [-0.39, 0.29) is 0 Å². The van der Waals surface area contributed by atoms with Gasteiger partial charge in [0.05, 0.1) is 0 Å². The Labute approximate surface area is 182 Å². The van der Waals surface area contributed by atoms with Crippen molar-refractivity contribution in [2.24, 2.45) is 0 Å². The standard InChI is InChI=1S/C26H16BrN3/c27-26-22-11-3-1-9-19(22)21(20-10-2-4-12-23(20)26)16-15-18-8-7-14-25(29-18)30-24-13-5-6-17-28-24/h1-14,17H,(H,28,29,30). The van der Waals surface area contributed by atoms with E-state index in [0.717, 1.165) is 37.4 Å². The summed E-state index contributed by atoms with van der Waals surface area (Å²) in [6, 6.07) is 28.1. The molecule has 2 heterocycles. The first-order valence-corrected chi connectivity index (χ1v) is 10.3. The number of nitrogens with one attached hydrogen (secondary N) is 1. The van der Waals surface area contributed by atoms with E-state index in [1.165, 1.54) is 0 Å². The van der Waals surface area contributed by atoms with Gasteiger partial charge in [-0.25, -0.2) is 9.97 Å². The fourth-order valence-electron chi connectivity index (χ4n) is 3.48. The van der Waals surface area contributed by atoms with Crippen molar-refractivity contribution in [2.75, 3.05) is 5.32 Å². The molecule has 2 aromatic heterocycles. The number of anilines is 2. The predicted molar refractivity (Wildman–Crippen MR) is 127 cm³/mol. The third-order valence-corrected chi connectivity index (χ3v) is 5.71. The van der Waals surface area contributed by atoms with E-state index in [0.29, 0.717) is 11.5 Å². The normalized spacial score (nSPS) is 10.6. The average molecular weight is 450 g/mol. The summed E-state index contributed by atoms with van der Waals surface area (Å²) >= 11 is 3.78. The van der Waals surface area contributed by atoms with Gasteiger partial charge in [-0.05, 0) is 67.7 Å². The first-order chi connectivity index (χ1) is 14.8. The van der Waals surface area contributed by atoms with Crippen molar-refractivity contribution in [1.82, 2.24) is 9.97 Å². The number of aromatic nitrogens is 2. The Morgan fingerprint density at radius 2 is 1.27 bits per heavy atom. The molecular weight excluding hydrogens is 434 g/mol. The first-order valence-electron chi connectivity index (χ1n) is 9.56. The Morgan fingerprint density at radius 3 is 1.93 bits per heavy atom. The van der Waals surface area contributed by atoms with E-state index in [1.807, 2.05) is 60.7 Å². The largest absolute Gasteiger partial charge is 0.325 e. The van der Waals surface area contributed by atoms with Gasteiger partial charge in [0.2, 0.25) is 0 Å². The van der Waals surface area contributed by atoms with Crippen molar-refractivity contribution in [3.63, 3.8) is 0 Å². The summed E-state index contributed by atoms with van der Waals surface area (Å²) in [5.41, 5.74) is 1.71. The lowest BCUT2D eigenvalue weighted by atomic mass is 9.97. The molecule has 3 nitrogen and oxygen atoms in total. The molecule has 0 saturated heterocycles. The van der Waals surface area contributed by atoms with Crippen LogP contribution in [0.25, 0.3) is 21.5 Å². The fourth-order valence-corrected chi connectivity index (χ4v) is 4.17. The second kappa shape index (κ2) is 7.98. The van der Waals surface area contributed by atoms with Gasteiger partial charge >= 0.3 is 0 Å². The van der Waals surface area contributed by atoms with E-state index in [1.54, 1.807) is 6.20 Å². The van der Waals surface area contributed by atoms with Gasteiger partial charge in [-0.2, -0.15) is 0 Å². The van der Waals surface area contributed by atoms with Gasteiger partial charge in [0, 0.05) is 16.2 Å². The quantitative estimate of drug-likeness (QED) is 0.241. The van der Waals surface area contributed by atoms with Crippen molar-refractivity contribution in [1.29, 1.82) is 0 Å². The molecule has 0 unspecified atom stereocenters. The number of hydrogen-bond acceptors (Lipinski definition) is 3. The van der Waals surface area contributed by atoms with Crippen LogP contribution in [0.15, 0.2) is 95.6 Å². The Bertz CT molecular complexity index is 1380. The second-order valence-corrected chi connectivity index (χ2v) is 7.57.